The lowest BCUT2D eigenvalue weighted by Gasteiger charge is -2.24. The fourth-order valence-corrected chi connectivity index (χ4v) is 4.56. The summed E-state index contributed by atoms with van der Waals surface area (Å²) in [6.07, 6.45) is 15.5. The van der Waals surface area contributed by atoms with Gasteiger partial charge in [-0.2, -0.15) is 0 Å². The van der Waals surface area contributed by atoms with Crippen LogP contribution in [-0.4, -0.2) is 38.4 Å². The Balaban J connectivity index is 1.44. The van der Waals surface area contributed by atoms with E-state index in [0.29, 0.717) is 0 Å². The zero-order valence-corrected chi connectivity index (χ0v) is 18.0. The molecule has 2 unspecified atom stereocenters. The van der Waals surface area contributed by atoms with Crippen LogP contribution in [-0.2, 0) is 7.58 Å². The van der Waals surface area contributed by atoms with E-state index in [4.69, 9.17) is 17.6 Å². The van der Waals surface area contributed by atoms with Crippen LogP contribution in [0.3, 0.4) is 0 Å². The molecule has 0 aromatic heterocycles. The first-order valence-electron chi connectivity index (χ1n) is 10.1. The fourth-order valence-electron chi connectivity index (χ4n) is 3.21. The summed E-state index contributed by atoms with van der Waals surface area (Å²) < 4.78 is 12.6. The molecule has 0 radical (unpaired) electrons. The normalized spacial score (nSPS) is 22.7. The maximum Gasteiger partial charge on any atom is 0.672 e. The SMILES string of the molecule is [CH3][Al]([O]C1C=CC=CC1=Nc1ccccc1)[O]C1C=CC=CC1=Nc1ccccc1. The van der Waals surface area contributed by atoms with Crippen LogP contribution in [0.25, 0.3) is 0 Å². The first-order valence-corrected chi connectivity index (χ1v) is 12.2. The molecule has 2 aliphatic carbocycles. The average molecular weight is 410 g/mol. The van der Waals surface area contributed by atoms with Crippen molar-refractivity contribution in [2.24, 2.45) is 9.98 Å². The topological polar surface area (TPSA) is 43.2 Å². The van der Waals surface area contributed by atoms with Crippen molar-refractivity contribution in [2.45, 2.75) is 18.0 Å². The number of hydrogen-bond acceptors (Lipinski definition) is 4. The van der Waals surface area contributed by atoms with Gasteiger partial charge in [-0.25, -0.2) is 0 Å². The molecular formula is C25H23AlN2O2. The smallest absolute Gasteiger partial charge is 0.468 e. The molecule has 0 heterocycles. The highest BCUT2D eigenvalue weighted by atomic mass is 27.2. The molecule has 2 aromatic rings. The van der Waals surface area contributed by atoms with Crippen molar-refractivity contribution in [2.75, 3.05) is 0 Å². The zero-order chi connectivity index (χ0) is 20.6. The number of aliphatic imine (C=N–C) groups is 2. The van der Waals surface area contributed by atoms with Crippen LogP contribution in [0, 0.1) is 0 Å². The summed E-state index contributed by atoms with van der Waals surface area (Å²) in [7, 11) is 0. The maximum absolute atomic E-state index is 6.31. The number of nitrogens with zero attached hydrogens (tertiary/aromatic N) is 2. The number of allylic oxidation sites excluding steroid dienone is 4. The van der Waals surface area contributed by atoms with E-state index >= 15 is 0 Å². The van der Waals surface area contributed by atoms with E-state index in [1.54, 1.807) is 0 Å². The third-order valence-electron chi connectivity index (χ3n) is 4.62. The molecule has 2 atom stereocenters. The van der Waals surface area contributed by atoms with E-state index in [-0.39, 0.29) is 12.2 Å². The molecule has 0 fully saturated rings. The van der Waals surface area contributed by atoms with E-state index in [1.165, 1.54) is 0 Å². The Hall–Kier alpha value is -2.81. The van der Waals surface area contributed by atoms with Gasteiger partial charge in [0, 0.05) is 0 Å². The third-order valence-corrected chi connectivity index (χ3v) is 5.97. The van der Waals surface area contributed by atoms with Gasteiger partial charge in [0.25, 0.3) is 0 Å². The summed E-state index contributed by atoms with van der Waals surface area (Å²) in [6.45, 7) is 0. The summed E-state index contributed by atoms with van der Waals surface area (Å²) in [4.78, 5) is 9.48. The largest absolute Gasteiger partial charge is 0.672 e. The molecular weight excluding hydrogens is 387 g/mol. The first-order chi connectivity index (χ1) is 14.8. The van der Waals surface area contributed by atoms with Crippen molar-refractivity contribution >= 4 is 37.6 Å². The minimum Gasteiger partial charge on any atom is -0.468 e. The molecule has 0 amide bonds. The first kappa shape index (κ1) is 20.5. The van der Waals surface area contributed by atoms with Crippen molar-refractivity contribution in [3.63, 3.8) is 0 Å². The van der Waals surface area contributed by atoms with Crippen LogP contribution in [0.2, 0.25) is 5.79 Å². The van der Waals surface area contributed by atoms with E-state index in [2.05, 4.69) is 0 Å². The Labute approximate surface area is 182 Å². The number of para-hydroxylation sites is 2. The van der Waals surface area contributed by atoms with Gasteiger partial charge in [0.2, 0.25) is 0 Å². The summed E-state index contributed by atoms with van der Waals surface area (Å²) in [6, 6.07) is 19.8. The Morgan fingerprint density at radius 3 is 1.50 bits per heavy atom. The van der Waals surface area contributed by atoms with Crippen molar-refractivity contribution < 1.29 is 7.58 Å². The van der Waals surface area contributed by atoms with Crippen LogP contribution < -0.4 is 0 Å². The molecule has 2 aromatic carbocycles. The van der Waals surface area contributed by atoms with Crippen molar-refractivity contribution in [1.82, 2.24) is 0 Å². The molecule has 0 aliphatic heterocycles. The van der Waals surface area contributed by atoms with Crippen molar-refractivity contribution in [3.05, 3.63) is 109 Å². The number of benzene rings is 2. The minimum absolute atomic E-state index is 0.213. The van der Waals surface area contributed by atoms with Gasteiger partial charge >= 0.3 is 14.8 Å². The lowest BCUT2D eigenvalue weighted by Crippen LogP contribution is -2.36. The van der Waals surface area contributed by atoms with Gasteiger partial charge in [0.05, 0.1) is 35.0 Å². The van der Waals surface area contributed by atoms with Crippen LogP contribution >= 0.6 is 0 Å². The fraction of sp³-hybridized carbons (Fsp3) is 0.120. The molecule has 0 bridgehead atoms. The molecule has 5 heteroatoms. The Morgan fingerprint density at radius 1 is 0.633 bits per heavy atom. The quantitative estimate of drug-likeness (QED) is 0.576. The molecule has 30 heavy (non-hydrogen) atoms. The van der Waals surface area contributed by atoms with Crippen LogP contribution in [0.1, 0.15) is 0 Å². The molecule has 4 rings (SSSR count). The molecule has 4 nitrogen and oxygen atoms in total. The Kier molecular flexibility index (Phi) is 7.02. The standard InChI is InChI=1S/2C12H10NO.CH3.Al/c2*14-12-9-5-4-8-11(12)13-10-6-2-1-3-7-10;;/h2*1-9,12H;1H3;/q2*-1;;+2. The second-order valence-corrected chi connectivity index (χ2v) is 8.59. The van der Waals surface area contributed by atoms with Crippen LogP contribution in [0.4, 0.5) is 11.4 Å². The van der Waals surface area contributed by atoms with Gasteiger partial charge in [-0.05, 0) is 36.4 Å². The molecule has 148 valence electrons. The van der Waals surface area contributed by atoms with Crippen LogP contribution in [0.15, 0.2) is 119 Å². The third kappa shape index (κ3) is 5.63. The van der Waals surface area contributed by atoms with Gasteiger partial charge in [-0.1, -0.05) is 78.6 Å². The number of rotatable bonds is 6. The average Bonchev–Trinajstić information content (AvgIpc) is 2.78. The second kappa shape index (κ2) is 10.3. The van der Waals surface area contributed by atoms with Gasteiger partial charge < -0.3 is 7.58 Å². The molecule has 2 aliphatic rings. The van der Waals surface area contributed by atoms with E-state index < -0.39 is 14.8 Å². The van der Waals surface area contributed by atoms with Crippen LogP contribution in [0.5, 0.6) is 0 Å². The molecule has 0 saturated carbocycles. The Bertz CT molecular complexity index is 940. The van der Waals surface area contributed by atoms with Crippen molar-refractivity contribution in [3.8, 4) is 0 Å². The summed E-state index contributed by atoms with van der Waals surface area (Å²) >= 11 is -1.97. The molecule has 0 saturated heterocycles. The van der Waals surface area contributed by atoms with E-state index in [0.717, 1.165) is 22.8 Å². The Morgan fingerprint density at radius 2 is 1.07 bits per heavy atom. The van der Waals surface area contributed by atoms with Gasteiger partial charge in [-0.3, -0.25) is 9.98 Å². The van der Waals surface area contributed by atoms with Gasteiger partial charge in [-0.15, -0.1) is 0 Å². The lowest BCUT2D eigenvalue weighted by molar-refractivity contribution is 0.194. The summed E-state index contributed by atoms with van der Waals surface area (Å²) in [5.74, 6) is 2.04. The number of hydrogen-bond donors (Lipinski definition) is 0. The lowest BCUT2D eigenvalue weighted by atomic mass is 10.1. The molecule has 0 spiro atoms. The van der Waals surface area contributed by atoms with E-state index in [9.17, 15) is 0 Å². The highest BCUT2D eigenvalue weighted by molar-refractivity contribution is 6.43. The highest BCUT2D eigenvalue weighted by Gasteiger charge is 2.29. The minimum atomic E-state index is -1.97. The molecule has 0 N–H and O–H groups in total. The predicted molar refractivity (Wildman–Crippen MR) is 125 cm³/mol. The maximum atomic E-state index is 6.31. The van der Waals surface area contributed by atoms with E-state index in [1.807, 2.05) is 115 Å². The van der Waals surface area contributed by atoms with Gasteiger partial charge in [0.15, 0.2) is 0 Å². The predicted octanol–water partition coefficient (Wildman–Crippen LogP) is 5.67. The highest BCUT2D eigenvalue weighted by Crippen LogP contribution is 2.18. The van der Waals surface area contributed by atoms with Gasteiger partial charge in [0.1, 0.15) is 0 Å². The second-order valence-electron chi connectivity index (χ2n) is 6.91. The van der Waals surface area contributed by atoms with Crippen molar-refractivity contribution in [1.29, 1.82) is 0 Å². The summed E-state index contributed by atoms with van der Waals surface area (Å²) in [5.41, 5.74) is 3.58. The zero-order valence-electron chi connectivity index (χ0n) is 16.8. The monoisotopic (exact) mass is 410 g/mol. The summed E-state index contributed by atoms with van der Waals surface area (Å²) in [5, 5.41) is 0.